The summed E-state index contributed by atoms with van der Waals surface area (Å²) in [7, 11) is 1.85. The maximum absolute atomic E-state index is 4.58. The van der Waals surface area contributed by atoms with E-state index in [2.05, 4.69) is 46.0 Å². The molecule has 0 atom stereocenters. The molecule has 5 nitrogen and oxygen atoms in total. The predicted molar refractivity (Wildman–Crippen MR) is 76.4 cm³/mol. The summed E-state index contributed by atoms with van der Waals surface area (Å²) in [4.78, 5) is 17.5. The highest BCUT2D eigenvalue weighted by molar-refractivity contribution is 7.99. The highest BCUT2D eigenvalue weighted by atomic mass is 32.2. The number of anilines is 1. The van der Waals surface area contributed by atoms with Crippen LogP contribution in [-0.4, -0.2) is 27.0 Å². The summed E-state index contributed by atoms with van der Waals surface area (Å²) in [6.45, 7) is 6.28. The Morgan fingerprint density at radius 1 is 1.11 bits per heavy atom. The molecule has 0 spiro atoms. The minimum Gasteiger partial charge on any atom is -0.373 e. The van der Waals surface area contributed by atoms with Crippen LogP contribution in [0.3, 0.4) is 0 Å². The number of aromatic nitrogens is 4. The summed E-state index contributed by atoms with van der Waals surface area (Å²) in [6, 6.07) is 3.69. The highest BCUT2D eigenvalue weighted by Crippen LogP contribution is 2.27. The molecule has 0 radical (unpaired) electrons. The standard InChI is InChI=1S/C13H17N5S/c1-13(2,3)11-17-9(14-4)8-10(18-11)19-12-15-6-5-7-16-12/h5-8H,1-4H3,(H,14,17,18). The van der Waals surface area contributed by atoms with Crippen LogP contribution in [0.2, 0.25) is 0 Å². The maximum Gasteiger partial charge on any atom is 0.193 e. The van der Waals surface area contributed by atoms with E-state index in [0.717, 1.165) is 16.7 Å². The zero-order chi connectivity index (χ0) is 13.9. The third kappa shape index (κ3) is 3.64. The second-order valence-corrected chi connectivity index (χ2v) is 6.04. The van der Waals surface area contributed by atoms with Gasteiger partial charge in [0, 0.05) is 30.9 Å². The van der Waals surface area contributed by atoms with Crippen LogP contribution in [0.4, 0.5) is 5.82 Å². The lowest BCUT2D eigenvalue weighted by Crippen LogP contribution is -2.17. The Kier molecular flexibility index (Phi) is 3.99. The highest BCUT2D eigenvalue weighted by Gasteiger charge is 2.19. The van der Waals surface area contributed by atoms with Crippen LogP contribution in [0, 0.1) is 0 Å². The molecule has 0 saturated carbocycles. The fraction of sp³-hybridized carbons (Fsp3) is 0.385. The molecule has 2 rings (SSSR count). The monoisotopic (exact) mass is 275 g/mol. The van der Waals surface area contributed by atoms with Crippen LogP contribution in [0.25, 0.3) is 0 Å². The quantitative estimate of drug-likeness (QED) is 0.686. The van der Waals surface area contributed by atoms with Crippen molar-refractivity contribution < 1.29 is 0 Å². The topological polar surface area (TPSA) is 63.6 Å². The van der Waals surface area contributed by atoms with Gasteiger partial charge in [-0.15, -0.1) is 0 Å². The molecule has 0 bridgehead atoms. The molecular weight excluding hydrogens is 258 g/mol. The number of hydrogen-bond donors (Lipinski definition) is 1. The first kappa shape index (κ1) is 13.7. The van der Waals surface area contributed by atoms with Crippen molar-refractivity contribution in [2.45, 2.75) is 36.4 Å². The van der Waals surface area contributed by atoms with E-state index in [9.17, 15) is 0 Å². The van der Waals surface area contributed by atoms with Gasteiger partial charge in [-0.3, -0.25) is 0 Å². The summed E-state index contributed by atoms with van der Waals surface area (Å²) >= 11 is 1.43. The van der Waals surface area contributed by atoms with Gasteiger partial charge in [-0.2, -0.15) is 0 Å². The predicted octanol–water partition coefficient (Wildman–Crippen LogP) is 2.76. The van der Waals surface area contributed by atoms with Crippen molar-refractivity contribution in [1.29, 1.82) is 0 Å². The minimum atomic E-state index is -0.0975. The molecule has 2 aromatic rings. The second-order valence-electron chi connectivity index (χ2n) is 5.05. The Morgan fingerprint density at radius 2 is 1.79 bits per heavy atom. The van der Waals surface area contributed by atoms with Crippen LogP contribution in [-0.2, 0) is 5.41 Å². The average Bonchev–Trinajstić information content (AvgIpc) is 2.38. The van der Waals surface area contributed by atoms with E-state index >= 15 is 0 Å². The summed E-state index contributed by atoms with van der Waals surface area (Å²) in [5.41, 5.74) is -0.0975. The van der Waals surface area contributed by atoms with E-state index in [0.29, 0.717) is 5.16 Å². The van der Waals surface area contributed by atoms with Crippen LogP contribution in [0.15, 0.2) is 34.7 Å². The van der Waals surface area contributed by atoms with Gasteiger partial charge in [-0.05, 0) is 17.8 Å². The smallest absolute Gasteiger partial charge is 0.193 e. The van der Waals surface area contributed by atoms with E-state index in [-0.39, 0.29) is 5.41 Å². The molecule has 0 aliphatic rings. The van der Waals surface area contributed by atoms with Crippen molar-refractivity contribution in [2.75, 3.05) is 12.4 Å². The molecule has 0 amide bonds. The lowest BCUT2D eigenvalue weighted by Gasteiger charge is -2.18. The van der Waals surface area contributed by atoms with Crippen molar-refractivity contribution in [1.82, 2.24) is 19.9 Å². The van der Waals surface area contributed by atoms with E-state index < -0.39 is 0 Å². The third-order valence-corrected chi connectivity index (χ3v) is 3.18. The summed E-state index contributed by atoms with van der Waals surface area (Å²) < 4.78 is 0. The van der Waals surface area contributed by atoms with Crippen LogP contribution in [0.1, 0.15) is 26.6 Å². The molecule has 1 N–H and O–H groups in total. The van der Waals surface area contributed by atoms with Crippen molar-refractivity contribution >= 4 is 17.6 Å². The average molecular weight is 275 g/mol. The molecule has 0 aromatic carbocycles. The lowest BCUT2D eigenvalue weighted by atomic mass is 9.96. The summed E-state index contributed by atoms with van der Waals surface area (Å²) in [6.07, 6.45) is 3.44. The van der Waals surface area contributed by atoms with E-state index in [4.69, 9.17) is 0 Å². The van der Waals surface area contributed by atoms with Crippen molar-refractivity contribution in [3.05, 3.63) is 30.4 Å². The Hall–Kier alpha value is -1.69. The van der Waals surface area contributed by atoms with Gasteiger partial charge in [0.05, 0.1) is 0 Å². The van der Waals surface area contributed by atoms with Gasteiger partial charge in [0.15, 0.2) is 5.16 Å². The van der Waals surface area contributed by atoms with Gasteiger partial charge in [-0.25, -0.2) is 19.9 Å². The maximum atomic E-state index is 4.58. The summed E-state index contributed by atoms with van der Waals surface area (Å²) in [5, 5.41) is 4.59. The number of nitrogens with zero attached hydrogens (tertiary/aromatic N) is 4. The zero-order valence-corrected chi connectivity index (χ0v) is 12.3. The SMILES string of the molecule is CNc1cc(Sc2ncccn2)nc(C(C)(C)C)n1. The van der Waals surface area contributed by atoms with Gasteiger partial charge < -0.3 is 5.32 Å². The van der Waals surface area contributed by atoms with Crippen LogP contribution in [0.5, 0.6) is 0 Å². The molecule has 19 heavy (non-hydrogen) atoms. The molecule has 0 fully saturated rings. The Balaban J connectivity index is 2.35. The molecule has 2 aromatic heterocycles. The third-order valence-electron chi connectivity index (χ3n) is 2.37. The van der Waals surface area contributed by atoms with E-state index in [1.807, 2.05) is 13.1 Å². The van der Waals surface area contributed by atoms with Gasteiger partial charge in [0.25, 0.3) is 0 Å². The fourth-order valence-electron chi connectivity index (χ4n) is 1.37. The van der Waals surface area contributed by atoms with Crippen molar-refractivity contribution in [3.8, 4) is 0 Å². The number of rotatable bonds is 3. The molecule has 0 aliphatic carbocycles. The Bertz CT molecular complexity index is 551. The second kappa shape index (κ2) is 5.52. The molecule has 0 aliphatic heterocycles. The van der Waals surface area contributed by atoms with Gasteiger partial charge in [0.2, 0.25) is 0 Å². The zero-order valence-electron chi connectivity index (χ0n) is 11.5. The Labute approximate surface area is 117 Å². The number of hydrogen-bond acceptors (Lipinski definition) is 6. The first-order valence-electron chi connectivity index (χ1n) is 6.01. The minimum absolute atomic E-state index is 0.0975. The fourth-order valence-corrected chi connectivity index (χ4v) is 2.09. The van der Waals surface area contributed by atoms with Gasteiger partial charge in [0.1, 0.15) is 16.7 Å². The lowest BCUT2D eigenvalue weighted by molar-refractivity contribution is 0.539. The van der Waals surface area contributed by atoms with Crippen LogP contribution < -0.4 is 5.32 Å². The number of nitrogens with one attached hydrogen (secondary N) is 1. The van der Waals surface area contributed by atoms with Crippen molar-refractivity contribution in [3.63, 3.8) is 0 Å². The first-order chi connectivity index (χ1) is 8.99. The largest absolute Gasteiger partial charge is 0.373 e. The first-order valence-corrected chi connectivity index (χ1v) is 6.83. The molecule has 2 heterocycles. The molecule has 100 valence electrons. The normalized spacial score (nSPS) is 11.4. The summed E-state index contributed by atoms with van der Waals surface area (Å²) in [5.74, 6) is 1.61. The molecule has 6 heteroatoms. The molecule has 0 saturated heterocycles. The Morgan fingerprint density at radius 3 is 2.37 bits per heavy atom. The van der Waals surface area contributed by atoms with Gasteiger partial charge in [-0.1, -0.05) is 20.8 Å². The van der Waals surface area contributed by atoms with Crippen molar-refractivity contribution in [2.24, 2.45) is 0 Å². The van der Waals surface area contributed by atoms with E-state index in [1.54, 1.807) is 18.5 Å². The molecular formula is C13H17N5S. The van der Waals surface area contributed by atoms with E-state index in [1.165, 1.54) is 11.8 Å². The van der Waals surface area contributed by atoms with Crippen LogP contribution >= 0.6 is 11.8 Å². The van der Waals surface area contributed by atoms with Gasteiger partial charge >= 0.3 is 0 Å². The molecule has 0 unspecified atom stereocenters.